The summed E-state index contributed by atoms with van der Waals surface area (Å²) in [6.07, 6.45) is -0.335. The van der Waals surface area contributed by atoms with Crippen molar-refractivity contribution in [3.8, 4) is 5.69 Å². The maximum Gasteiger partial charge on any atom is 0.416 e. The van der Waals surface area contributed by atoms with Gasteiger partial charge in [-0.3, -0.25) is 0 Å². The van der Waals surface area contributed by atoms with Crippen molar-refractivity contribution in [3.05, 3.63) is 82.9 Å². The Hall–Kier alpha value is -3.02. The van der Waals surface area contributed by atoms with Gasteiger partial charge in [0.1, 0.15) is 5.82 Å². The van der Waals surface area contributed by atoms with Crippen LogP contribution in [0.15, 0.2) is 65.2 Å². The van der Waals surface area contributed by atoms with E-state index < -0.39 is 21.8 Å². The minimum Gasteiger partial charge on any atom is -0.381 e. The van der Waals surface area contributed by atoms with Crippen molar-refractivity contribution in [2.45, 2.75) is 30.3 Å². The van der Waals surface area contributed by atoms with Gasteiger partial charge < -0.3 is 4.74 Å². The SMILES string of the molecule is CCOC[C@H]1c2cnn(-c3ccc(F)cc3)c2C=C2CCN(S(=O)(=O)c3ccc(C(F)(F)F)cc3)CC21. The highest BCUT2D eigenvalue weighted by Gasteiger charge is 2.41. The number of hydrogen-bond donors (Lipinski definition) is 0. The van der Waals surface area contributed by atoms with Crippen molar-refractivity contribution in [1.29, 1.82) is 0 Å². The van der Waals surface area contributed by atoms with E-state index in [1.54, 1.807) is 23.0 Å². The van der Waals surface area contributed by atoms with E-state index in [1.165, 1.54) is 16.4 Å². The average molecular weight is 536 g/mol. The Labute approximate surface area is 212 Å². The number of sulfonamides is 1. The molecule has 0 radical (unpaired) electrons. The molecule has 1 aromatic heterocycles. The maximum atomic E-state index is 13.5. The lowest BCUT2D eigenvalue weighted by Gasteiger charge is -2.40. The van der Waals surface area contributed by atoms with Gasteiger partial charge in [0.15, 0.2) is 0 Å². The van der Waals surface area contributed by atoms with Crippen LogP contribution in [0.25, 0.3) is 11.8 Å². The summed E-state index contributed by atoms with van der Waals surface area (Å²) in [5, 5.41) is 4.53. The quantitative estimate of drug-likeness (QED) is 0.404. The summed E-state index contributed by atoms with van der Waals surface area (Å²) >= 11 is 0. The van der Waals surface area contributed by atoms with Crippen molar-refractivity contribution >= 4 is 16.1 Å². The van der Waals surface area contributed by atoms with E-state index >= 15 is 0 Å². The molecule has 0 spiro atoms. The largest absolute Gasteiger partial charge is 0.416 e. The number of aromatic nitrogens is 2. The van der Waals surface area contributed by atoms with Crippen LogP contribution in [0.5, 0.6) is 0 Å². The molecule has 1 aliphatic carbocycles. The van der Waals surface area contributed by atoms with Crippen LogP contribution in [0, 0.1) is 11.7 Å². The molecule has 1 aliphatic heterocycles. The Morgan fingerprint density at radius 2 is 1.78 bits per heavy atom. The van der Waals surface area contributed by atoms with Gasteiger partial charge in [-0.25, -0.2) is 17.5 Å². The van der Waals surface area contributed by atoms with E-state index in [0.717, 1.165) is 41.1 Å². The Kier molecular flexibility index (Phi) is 6.71. The topological polar surface area (TPSA) is 64.4 Å². The summed E-state index contributed by atoms with van der Waals surface area (Å²) in [4.78, 5) is -0.171. The zero-order valence-corrected chi connectivity index (χ0v) is 20.8. The number of halogens is 4. The van der Waals surface area contributed by atoms with Gasteiger partial charge in [-0.15, -0.1) is 0 Å². The zero-order chi connectivity index (χ0) is 26.4. The Balaban J connectivity index is 1.46. The summed E-state index contributed by atoms with van der Waals surface area (Å²) < 4.78 is 87.9. The highest BCUT2D eigenvalue weighted by Crippen LogP contribution is 2.44. The molecule has 1 fully saturated rings. The Morgan fingerprint density at radius 1 is 1.08 bits per heavy atom. The molecule has 2 aromatic carbocycles. The Bertz CT molecular complexity index is 1410. The molecule has 1 saturated heterocycles. The fraction of sp³-hybridized carbons (Fsp3) is 0.346. The number of hydrogen-bond acceptors (Lipinski definition) is 4. The predicted molar refractivity (Wildman–Crippen MR) is 129 cm³/mol. The van der Waals surface area contributed by atoms with Gasteiger partial charge in [-0.2, -0.15) is 22.6 Å². The standard InChI is InChI=1S/C26H25F4N3O3S/c1-2-36-16-24-22-14-31-33(20-7-5-19(27)6-8-20)25(22)13-17-11-12-32(15-23(17)24)37(34,35)21-9-3-18(4-10-21)26(28,29)30/h3-10,13-14,23-24H,2,11-12,15-16H2,1H3/t23?,24-/m0/s1. The third-order valence-corrected chi connectivity index (χ3v) is 8.84. The molecule has 2 atom stereocenters. The molecule has 0 bridgehead atoms. The number of nitrogens with zero attached hydrogens (tertiary/aromatic N) is 3. The summed E-state index contributed by atoms with van der Waals surface area (Å²) in [5.74, 6) is -0.698. The van der Waals surface area contributed by atoms with Crippen LogP contribution in [-0.2, 0) is 20.9 Å². The van der Waals surface area contributed by atoms with E-state index in [-0.39, 0.29) is 35.6 Å². The molecule has 0 N–H and O–H groups in total. The van der Waals surface area contributed by atoms with E-state index in [2.05, 4.69) is 5.10 Å². The van der Waals surface area contributed by atoms with E-state index in [4.69, 9.17) is 4.74 Å². The molecule has 1 unspecified atom stereocenters. The third kappa shape index (κ3) is 4.83. The van der Waals surface area contributed by atoms with Crippen molar-refractivity contribution in [3.63, 3.8) is 0 Å². The second kappa shape index (κ2) is 9.70. The molecule has 0 amide bonds. The van der Waals surface area contributed by atoms with Crippen LogP contribution >= 0.6 is 0 Å². The zero-order valence-electron chi connectivity index (χ0n) is 20.0. The first kappa shape index (κ1) is 25.6. The van der Waals surface area contributed by atoms with Gasteiger partial charge >= 0.3 is 6.18 Å². The molecule has 0 saturated carbocycles. The lowest BCUT2D eigenvalue weighted by Crippen LogP contribution is -2.44. The molecular weight excluding hydrogens is 510 g/mol. The molecular formula is C26H25F4N3O3S. The number of benzene rings is 2. The van der Waals surface area contributed by atoms with Gasteiger partial charge in [0.05, 0.1) is 34.6 Å². The summed E-state index contributed by atoms with van der Waals surface area (Å²) in [6.45, 7) is 3.10. The fourth-order valence-electron chi connectivity index (χ4n) is 5.05. The monoisotopic (exact) mass is 535 g/mol. The molecule has 2 heterocycles. The normalized spacial score (nSPS) is 20.3. The third-order valence-electron chi connectivity index (χ3n) is 6.96. The number of alkyl halides is 3. The lowest BCUT2D eigenvalue weighted by atomic mass is 9.74. The van der Waals surface area contributed by atoms with Gasteiger partial charge in [0.2, 0.25) is 10.0 Å². The van der Waals surface area contributed by atoms with Gasteiger partial charge in [-0.1, -0.05) is 5.57 Å². The van der Waals surface area contributed by atoms with Gasteiger partial charge in [0, 0.05) is 37.1 Å². The van der Waals surface area contributed by atoms with Crippen LogP contribution in [0.3, 0.4) is 0 Å². The highest BCUT2D eigenvalue weighted by atomic mass is 32.2. The average Bonchev–Trinajstić information content (AvgIpc) is 3.30. The number of fused-ring (bicyclic) bond motifs is 2. The van der Waals surface area contributed by atoms with Gasteiger partial charge in [0.25, 0.3) is 0 Å². The molecule has 37 heavy (non-hydrogen) atoms. The first-order valence-electron chi connectivity index (χ1n) is 11.9. The minimum absolute atomic E-state index is 0.171. The number of rotatable bonds is 6. The van der Waals surface area contributed by atoms with Crippen molar-refractivity contribution < 1.29 is 30.7 Å². The Morgan fingerprint density at radius 3 is 2.43 bits per heavy atom. The highest BCUT2D eigenvalue weighted by molar-refractivity contribution is 7.89. The predicted octanol–water partition coefficient (Wildman–Crippen LogP) is 5.26. The van der Waals surface area contributed by atoms with Gasteiger partial charge in [-0.05, 0) is 68.0 Å². The second-order valence-electron chi connectivity index (χ2n) is 9.10. The first-order chi connectivity index (χ1) is 17.6. The number of ether oxygens (including phenoxy) is 1. The first-order valence-corrected chi connectivity index (χ1v) is 13.3. The summed E-state index contributed by atoms with van der Waals surface area (Å²) in [7, 11) is -4.00. The van der Waals surface area contributed by atoms with Crippen molar-refractivity contribution in [2.75, 3.05) is 26.3 Å². The molecule has 11 heteroatoms. The smallest absolute Gasteiger partial charge is 0.381 e. The molecule has 3 aromatic rings. The molecule has 6 nitrogen and oxygen atoms in total. The van der Waals surface area contributed by atoms with E-state index in [0.29, 0.717) is 25.3 Å². The molecule has 2 aliphatic rings. The van der Waals surface area contributed by atoms with Crippen molar-refractivity contribution in [1.82, 2.24) is 14.1 Å². The minimum atomic E-state index is -4.54. The number of piperidine rings is 1. The van der Waals surface area contributed by atoms with Crippen LogP contribution in [0.2, 0.25) is 0 Å². The van der Waals surface area contributed by atoms with Crippen molar-refractivity contribution in [2.24, 2.45) is 5.92 Å². The van der Waals surface area contributed by atoms with Crippen LogP contribution < -0.4 is 0 Å². The molecule has 196 valence electrons. The van der Waals surface area contributed by atoms with Crippen LogP contribution in [0.1, 0.15) is 36.1 Å². The second-order valence-corrected chi connectivity index (χ2v) is 11.0. The van der Waals surface area contributed by atoms with Crippen LogP contribution in [-0.4, -0.2) is 48.8 Å². The summed E-state index contributed by atoms with van der Waals surface area (Å²) in [6, 6.07) is 9.61. The summed E-state index contributed by atoms with van der Waals surface area (Å²) in [5.41, 5.74) is 2.61. The van der Waals surface area contributed by atoms with E-state index in [1.807, 2.05) is 13.0 Å². The van der Waals surface area contributed by atoms with E-state index in [9.17, 15) is 26.0 Å². The fourth-order valence-corrected chi connectivity index (χ4v) is 6.51. The maximum absolute atomic E-state index is 13.5. The lowest BCUT2D eigenvalue weighted by molar-refractivity contribution is -0.137. The van der Waals surface area contributed by atoms with Crippen LogP contribution in [0.4, 0.5) is 17.6 Å². The molecule has 5 rings (SSSR count).